The number of amides is 2. The molecule has 0 spiro atoms. The Balaban J connectivity index is 1.66. The summed E-state index contributed by atoms with van der Waals surface area (Å²) in [7, 11) is -4.00. The van der Waals surface area contributed by atoms with Crippen molar-refractivity contribution in [2.75, 3.05) is 11.5 Å². The molecule has 0 N–H and O–H groups in total. The normalized spacial score (nSPS) is 19.6. The second kappa shape index (κ2) is 10.1. The first-order valence-corrected chi connectivity index (χ1v) is 13.0. The third kappa shape index (κ3) is 4.63. The number of benzene rings is 2. The minimum atomic E-state index is -4.00. The second-order valence-corrected chi connectivity index (χ2v) is 10.3. The molecular formula is C25H28N2O6S. The van der Waals surface area contributed by atoms with Crippen LogP contribution in [0, 0.1) is 0 Å². The van der Waals surface area contributed by atoms with Gasteiger partial charge in [-0.2, -0.15) is 4.31 Å². The van der Waals surface area contributed by atoms with E-state index in [0.29, 0.717) is 24.1 Å². The number of carbonyl (C=O) groups excluding carboxylic acids is 3. The molecule has 2 amide bonds. The van der Waals surface area contributed by atoms with Gasteiger partial charge < -0.3 is 4.74 Å². The maximum absolute atomic E-state index is 13.7. The van der Waals surface area contributed by atoms with Gasteiger partial charge in [0, 0.05) is 6.04 Å². The number of sulfonamides is 1. The monoisotopic (exact) mass is 484 g/mol. The Kier molecular flexibility index (Phi) is 7.13. The lowest BCUT2D eigenvalue weighted by Crippen LogP contribution is -2.51. The molecule has 8 nitrogen and oxygen atoms in total. The summed E-state index contributed by atoms with van der Waals surface area (Å²) in [5.74, 6) is -1.54. The largest absolute Gasteiger partial charge is 0.462 e. The smallest absolute Gasteiger partial charge is 0.338 e. The number of anilines is 1. The fraction of sp³-hybridized carbons (Fsp3) is 0.400. The topological polar surface area (TPSA) is 101 Å². The van der Waals surface area contributed by atoms with Crippen LogP contribution in [0.1, 0.15) is 55.8 Å². The van der Waals surface area contributed by atoms with Crippen molar-refractivity contribution in [2.45, 2.75) is 62.4 Å². The molecule has 9 heteroatoms. The van der Waals surface area contributed by atoms with Crippen LogP contribution in [0.3, 0.4) is 0 Å². The quantitative estimate of drug-likeness (QED) is 0.440. The maximum Gasteiger partial charge on any atom is 0.338 e. The number of imide groups is 1. The van der Waals surface area contributed by atoms with E-state index in [0.717, 1.165) is 24.2 Å². The molecule has 1 heterocycles. The molecular weight excluding hydrogens is 456 g/mol. The maximum atomic E-state index is 13.7. The van der Waals surface area contributed by atoms with Crippen molar-refractivity contribution in [2.24, 2.45) is 0 Å². The molecule has 1 saturated heterocycles. The molecule has 2 aromatic carbocycles. The summed E-state index contributed by atoms with van der Waals surface area (Å²) in [6.45, 7) is 1.94. The summed E-state index contributed by atoms with van der Waals surface area (Å²) in [5, 5.41) is 0. The molecule has 4 rings (SSSR count). The molecule has 1 saturated carbocycles. The number of nitrogens with zero attached hydrogens (tertiary/aromatic N) is 2. The highest BCUT2D eigenvalue weighted by atomic mass is 32.2. The van der Waals surface area contributed by atoms with Gasteiger partial charge in [0.05, 0.1) is 29.2 Å². The summed E-state index contributed by atoms with van der Waals surface area (Å²) in [4.78, 5) is 39.5. The average Bonchev–Trinajstić information content (AvgIpc) is 3.13. The zero-order valence-electron chi connectivity index (χ0n) is 19.1. The molecule has 1 aliphatic heterocycles. The molecule has 1 atom stereocenters. The molecule has 0 bridgehead atoms. The number of ether oxygens (including phenoxy) is 1. The highest BCUT2D eigenvalue weighted by molar-refractivity contribution is 7.89. The van der Waals surface area contributed by atoms with Crippen molar-refractivity contribution >= 4 is 33.5 Å². The average molecular weight is 485 g/mol. The van der Waals surface area contributed by atoms with E-state index in [1.165, 1.54) is 40.7 Å². The Hall–Kier alpha value is -3.04. The first-order chi connectivity index (χ1) is 16.3. The zero-order valence-corrected chi connectivity index (χ0v) is 19.9. The standard InChI is InChI=1S/C25H28N2O6S/c1-2-33-25(30)18-13-15-19(16-14-18)26-23(28)17-22(24(26)29)27(20-9-5-3-6-10-20)34(31,32)21-11-7-4-8-12-21/h4,7-8,11-16,20,22H,2-3,5-6,9-10,17H2,1H3. The first-order valence-electron chi connectivity index (χ1n) is 11.6. The summed E-state index contributed by atoms with van der Waals surface area (Å²) in [6.07, 6.45) is 3.85. The molecule has 2 fully saturated rings. The van der Waals surface area contributed by atoms with Gasteiger partial charge in [-0.25, -0.2) is 18.1 Å². The van der Waals surface area contributed by atoms with Gasteiger partial charge >= 0.3 is 5.97 Å². The van der Waals surface area contributed by atoms with Crippen molar-refractivity contribution in [1.82, 2.24) is 4.31 Å². The highest BCUT2D eigenvalue weighted by Crippen LogP contribution is 2.35. The van der Waals surface area contributed by atoms with Crippen LogP contribution in [-0.4, -0.2) is 49.2 Å². The molecule has 34 heavy (non-hydrogen) atoms. The summed E-state index contributed by atoms with van der Waals surface area (Å²) in [5.41, 5.74) is 0.600. The van der Waals surface area contributed by atoms with Crippen molar-refractivity contribution in [3.8, 4) is 0 Å². The fourth-order valence-electron chi connectivity index (χ4n) is 4.71. The Morgan fingerprint density at radius 1 is 1.00 bits per heavy atom. The SMILES string of the molecule is CCOC(=O)c1ccc(N2C(=O)CC(N(C3CCCCC3)S(=O)(=O)c3ccccc3)C2=O)cc1. The number of carbonyl (C=O) groups is 3. The molecule has 2 aromatic rings. The van der Waals surface area contributed by atoms with Gasteiger partial charge in [-0.05, 0) is 56.2 Å². The number of esters is 1. The van der Waals surface area contributed by atoms with Gasteiger partial charge in [-0.15, -0.1) is 0 Å². The van der Waals surface area contributed by atoms with Gasteiger partial charge in [0.25, 0.3) is 5.91 Å². The Labute approximate surface area is 199 Å². The lowest BCUT2D eigenvalue weighted by atomic mass is 9.94. The van der Waals surface area contributed by atoms with Crippen LogP contribution in [0.25, 0.3) is 0 Å². The van der Waals surface area contributed by atoms with E-state index in [1.807, 2.05) is 0 Å². The van der Waals surface area contributed by atoms with E-state index in [-0.39, 0.29) is 24.0 Å². The Bertz CT molecular complexity index is 1160. The van der Waals surface area contributed by atoms with Crippen molar-refractivity contribution in [3.05, 3.63) is 60.2 Å². The summed E-state index contributed by atoms with van der Waals surface area (Å²) >= 11 is 0. The fourth-order valence-corrected chi connectivity index (χ4v) is 6.56. The van der Waals surface area contributed by atoms with Gasteiger partial charge in [0.1, 0.15) is 6.04 Å². The number of hydrogen-bond donors (Lipinski definition) is 0. The third-order valence-electron chi connectivity index (χ3n) is 6.32. The Morgan fingerprint density at radius 3 is 2.26 bits per heavy atom. The zero-order chi connectivity index (χ0) is 24.3. The molecule has 180 valence electrons. The minimum Gasteiger partial charge on any atom is -0.462 e. The molecule has 1 unspecified atom stereocenters. The van der Waals surface area contributed by atoms with E-state index in [4.69, 9.17) is 4.74 Å². The Morgan fingerprint density at radius 2 is 1.65 bits per heavy atom. The van der Waals surface area contributed by atoms with Crippen molar-refractivity contribution in [1.29, 1.82) is 0 Å². The van der Waals surface area contributed by atoms with Crippen molar-refractivity contribution in [3.63, 3.8) is 0 Å². The number of rotatable bonds is 7. The van der Waals surface area contributed by atoms with Gasteiger partial charge in [0.15, 0.2) is 0 Å². The van der Waals surface area contributed by atoms with Crippen LogP contribution >= 0.6 is 0 Å². The second-order valence-electron chi connectivity index (χ2n) is 8.49. The van der Waals surface area contributed by atoms with Crippen LogP contribution in [0.4, 0.5) is 5.69 Å². The predicted octanol–water partition coefficient (Wildman–Crippen LogP) is 3.52. The van der Waals surface area contributed by atoms with E-state index in [9.17, 15) is 22.8 Å². The van der Waals surface area contributed by atoms with E-state index >= 15 is 0 Å². The molecule has 1 aliphatic carbocycles. The first kappa shape index (κ1) is 24.1. The molecule has 0 radical (unpaired) electrons. The minimum absolute atomic E-state index is 0.109. The number of hydrogen-bond acceptors (Lipinski definition) is 6. The summed E-state index contributed by atoms with van der Waals surface area (Å²) in [6, 6.07) is 12.6. The van der Waals surface area contributed by atoms with Gasteiger partial charge in [-0.1, -0.05) is 37.5 Å². The van der Waals surface area contributed by atoms with Crippen LogP contribution < -0.4 is 4.90 Å². The van der Waals surface area contributed by atoms with Gasteiger partial charge in [-0.3, -0.25) is 9.59 Å². The van der Waals surface area contributed by atoms with Crippen molar-refractivity contribution < 1.29 is 27.5 Å². The van der Waals surface area contributed by atoms with Gasteiger partial charge in [0.2, 0.25) is 15.9 Å². The van der Waals surface area contributed by atoms with E-state index in [2.05, 4.69) is 0 Å². The van der Waals surface area contributed by atoms with Crippen LogP contribution in [0.2, 0.25) is 0 Å². The molecule has 0 aromatic heterocycles. The van der Waals surface area contributed by atoms with E-state index < -0.39 is 33.8 Å². The van der Waals surface area contributed by atoms with E-state index in [1.54, 1.807) is 25.1 Å². The highest BCUT2D eigenvalue weighted by Gasteiger charge is 2.49. The lowest BCUT2D eigenvalue weighted by Gasteiger charge is -2.36. The van der Waals surface area contributed by atoms with Crippen LogP contribution in [-0.2, 0) is 24.3 Å². The summed E-state index contributed by atoms with van der Waals surface area (Å²) < 4.78 is 33.6. The van der Waals surface area contributed by atoms with Crippen LogP contribution in [0.5, 0.6) is 0 Å². The van der Waals surface area contributed by atoms with Crippen LogP contribution in [0.15, 0.2) is 59.5 Å². The lowest BCUT2D eigenvalue weighted by molar-refractivity contribution is -0.122. The predicted molar refractivity (Wildman–Crippen MR) is 126 cm³/mol. The third-order valence-corrected chi connectivity index (χ3v) is 8.30. The molecule has 2 aliphatic rings.